The average molecular weight is 252 g/mol. The van der Waals surface area contributed by atoms with Crippen molar-refractivity contribution in [1.82, 2.24) is 0 Å². The Morgan fingerprint density at radius 2 is 1.41 bits per heavy atom. The lowest BCUT2D eigenvalue weighted by Gasteiger charge is -2.22. The molecule has 0 fully saturated rings. The first-order valence-corrected chi connectivity index (χ1v) is 8.13. The molecule has 0 radical (unpaired) electrons. The third-order valence-electron chi connectivity index (χ3n) is 2.61. The van der Waals surface area contributed by atoms with E-state index in [1.54, 1.807) is 7.11 Å². The highest BCUT2D eigenvalue weighted by Crippen LogP contribution is 2.39. The summed E-state index contributed by atoms with van der Waals surface area (Å²) in [4.78, 5) is 0. The molecule has 17 heavy (non-hydrogen) atoms. The van der Waals surface area contributed by atoms with Gasteiger partial charge in [0, 0.05) is 0 Å². The van der Waals surface area contributed by atoms with E-state index in [-0.39, 0.29) is 7.92 Å². The van der Waals surface area contributed by atoms with Crippen LogP contribution in [0.15, 0.2) is 24.3 Å². The average Bonchev–Trinajstić information content (AvgIpc) is 2.27. The Kier molecular flexibility index (Phi) is 5.98. The summed E-state index contributed by atoms with van der Waals surface area (Å²) >= 11 is 0. The molecule has 2 heteroatoms. The highest BCUT2D eigenvalue weighted by Gasteiger charge is 2.14. The Morgan fingerprint density at radius 1 is 0.941 bits per heavy atom. The van der Waals surface area contributed by atoms with Crippen molar-refractivity contribution in [2.24, 2.45) is 11.8 Å². The minimum absolute atomic E-state index is 0.00762. The first kappa shape index (κ1) is 14.5. The number of hydrogen-bond donors (Lipinski definition) is 0. The molecular formula is C15H25OP. The van der Waals surface area contributed by atoms with E-state index >= 15 is 0 Å². The van der Waals surface area contributed by atoms with Crippen LogP contribution in [0.1, 0.15) is 27.7 Å². The fourth-order valence-corrected chi connectivity index (χ4v) is 4.86. The summed E-state index contributed by atoms with van der Waals surface area (Å²) in [7, 11) is 1.71. The lowest BCUT2D eigenvalue weighted by molar-refractivity contribution is 0.415. The van der Waals surface area contributed by atoms with Crippen LogP contribution >= 0.6 is 7.92 Å². The molecule has 1 aromatic rings. The van der Waals surface area contributed by atoms with Gasteiger partial charge >= 0.3 is 0 Å². The number of benzene rings is 1. The normalized spacial score (nSPS) is 11.5. The molecule has 96 valence electrons. The molecule has 0 saturated heterocycles. The van der Waals surface area contributed by atoms with Gasteiger partial charge in [0.2, 0.25) is 0 Å². The Balaban J connectivity index is 2.79. The maximum absolute atomic E-state index is 5.22. The molecule has 0 aromatic heterocycles. The van der Waals surface area contributed by atoms with Gasteiger partial charge in [0.25, 0.3) is 0 Å². The smallest absolute Gasteiger partial charge is 0.118 e. The van der Waals surface area contributed by atoms with Gasteiger partial charge in [0.05, 0.1) is 7.11 Å². The molecule has 0 aliphatic heterocycles. The third-order valence-corrected chi connectivity index (χ3v) is 5.98. The van der Waals surface area contributed by atoms with Crippen LogP contribution in [0.5, 0.6) is 5.75 Å². The predicted molar refractivity (Wildman–Crippen MR) is 79.0 cm³/mol. The van der Waals surface area contributed by atoms with Crippen LogP contribution in [-0.4, -0.2) is 19.4 Å². The Labute approximate surface area is 107 Å². The van der Waals surface area contributed by atoms with Gasteiger partial charge in [-0.05, 0) is 41.6 Å². The number of rotatable bonds is 6. The molecule has 0 unspecified atom stereocenters. The topological polar surface area (TPSA) is 9.23 Å². The van der Waals surface area contributed by atoms with Gasteiger partial charge in [0.1, 0.15) is 5.75 Å². The van der Waals surface area contributed by atoms with E-state index in [9.17, 15) is 0 Å². The maximum atomic E-state index is 5.22. The van der Waals surface area contributed by atoms with E-state index in [1.807, 2.05) is 0 Å². The lowest BCUT2D eigenvalue weighted by atomic mass is 10.3. The fourth-order valence-electron chi connectivity index (χ4n) is 1.96. The summed E-state index contributed by atoms with van der Waals surface area (Å²) in [5.74, 6) is 2.52. The second-order valence-corrected chi connectivity index (χ2v) is 7.72. The first-order valence-electron chi connectivity index (χ1n) is 6.42. The van der Waals surface area contributed by atoms with Crippen LogP contribution in [0.2, 0.25) is 0 Å². The number of methoxy groups -OCH3 is 1. The molecule has 1 aromatic carbocycles. The van der Waals surface area contributed by atoms with E-state index < -0.39 is 0 Å². The van der Waals surface area contributed by atoms with Gasteiger partial charge < -0.3 is 4.74 Å². The van der Waals surface area contributed by atoms with Crippen molar-refractivity contribution in [2.75, 3.05) is 19.4 Å². The van der Waals surface area contributed by atoms with Crippen molar-refractivity contribution >= 4 is 13.2 Å². The quantitative estimate of drug-likeness (QED) is 0.692. The first-order chi connectivity index (χ1) is 8.02. The highest BCUT2D eigenvalue weighted by atomic mass is 31.1. The zero-order chi connectivity index (χ0) is 12.8. The molecule has 1 nitrogen and oxygen atoms in total. The Hall–Kier alpha value is -0.550. The third kappa shape index (κ3) is 5.08. The minimum Gasteiger partial charge on any atom is -0.497 e. The molecule has 0 amide bonds. The van der Waals surface area contributed by atoms with Crippen molar-refractivity contribution in [1.29, 1.82) is 0 Å². The van der Waals surface area contributed by atoms with Gasteiger partial charge in [0.15, 0.2) is 0 Å². The molecule has 0 heterocycles. The van der Waals surface area contributed by atoms with Crippen LogP contribution in [0.4, 0.5) is 0 Å². The van der Waals surface area contributed by atoms with Gasteiger partial charge in [-0.1, -0.05) is 47.7 Å². The summed E-state index contributed by atoms with van der Waals surface area (Å²) in [5, 5.41) is 1.52. The van der Waals surface area contributed by atoms with Crippen LogP contribution in [0.25, 0.3) is 0 Å². The highest BCUT2D eigenvalue weighted by molar-refractivity contribution is 7.65. The summed E-state index contributed by atoms with van der Waals surface area (Å²) in [6.45, 7) is 9.27. The van der Waals surface area contributed by atoms with E-state index in [0.29, 0.717) is 0 Å². The Bertz CT molecular complexity index is 306. The van der Waals surface area contributed by atoms with Crippen molar-refractivity contribution in [3.05, 3.63) is 24.3 Å². The summed E-state index contributed by atoms with van der Waals surface area (Å²) in [6.07, 6.45) is 2.67. The lowest BCUT2D eigenvalue weighted by Crippen LogP contribution is -2.12. The predicted octanol–water partition coefficient (Wildman–Crippen LogP) is 4.11. The largest absolute Gasteiger partial charge is 0.497 e. The van der Waals surface area contributed by atoms with Crippen molar-refractivity contribution in [3.8, 4) is 5.75 Å². The van der Waals surface area contributed by atoms with E-state index in [2.05, 4.69) is 52.0 Å². The van der Waals surface area contributed by atoms with E-state index in [4.69, 9.17) is 4.74 Å². The SMILES string of the molecule is COc1ccc(P(CC(C)C)CC(C)C)cc1. The van der Waals surface area contributed by atoms with Gasteiger partial charge in [-0.3, -0.25) is 0 Å². The molecular weight excluding hydrogens is 227 g/mol. The standard InChI is InChI=1S/C15H25OP/c1-12(2)10-17(11-13(3)4)15-8-6-14(16-5)7-9-15/h6-9,12-13H,10-11H2,1-5H3. The molecule has 0 atom stereocenters. The van der Waals surface area contributed by atoms with Crippen LogP contribution in [-0.2, 0) is 0 Å². The van der Waals surface area contributed by atoms with Gasteiger partial charge in [-0.15, -0.1) is 0 Å². The van der Waals surface area contributed by atoms with Crippen molar-refractivity contribution < 1.29 is 4.74 Å². The summed E-state index contributed by atoms with van der Waals surface area (Å²) in [5.41, 5.74) is 0. The Morgan fingerprint density at radius 3 is 1.76 bits per heavy atom. The zero-order valence-corrected chi connectivity index (χ0v) is 12.6. The number of hydrogen-bond acceptors (Lipinski definition) is 1. The van der Waals surface area contributed by atoms with Gasteiger partial charge in [-0.2, -0.15) is 0 Å². The number of ether oxygens (including phenoxy) is 1. The second-order valence-electron chi connectivity index (χ2n) is 5.39. The molecule has 1 rings (SSSR count). The molecule has 0 spiro atoms. The van der Waals surface area contributed by atoms with Crippen molar-refractivity contribution in [2.45, 2.75) is 27.7 Å². The second kappa shape index (κ2) is 7.01. The molecule has 0 bridgehead atoms. The van der Waals surface area contributed by atoms with Crippen molar-refractivity contribution in [3.63, 3.8) is 0 Å². The molecule has 0 aliphatic rings. The van der Waals surface area contributed by atoms with Gasteiger partial charge in [-0.25, -0.2) is 0 Å². The maximum Gasteiger partial charge on any atom is 0.118 e. The molecule has 0 N–H and O–H groups in total. The van der Waals surface area contributed by atoms with Crippen LogP contribution in [0.3, 0.4) is 0 Å². The minimum atomic E-state index is -0.00762. The molecule has 0 saturated carbocycles. The molecule has 0 aliphatic carbocycles. The van der Waals surface area contributed by atoms with Crippen LogP contribution < -0.4 is 10.0 Å². The monoisotopic (exact) mass is 252 g/mol. The summed E-state index contributed by atoms with van der Waals surface area (Å²) in [6, 6.07) is 8.67. The van der Waals surface area contributed by atoms with E-state index in [1.165, 1.54) is 17.6 Å². The van der Waals surface area contributed by atoms with Crippen LogP contribution in [0, 0.1) is 11.8 Å². The zero-order valence-electron chi connectivity index (χ0n) is 11.7. The fraction of sp³-hybridized carbons (Fsp3) is 0.600. The van der Waals surface area contributed by atoms with E-state index in [0.717, 1.165) is 17.6 Å². The summed E-state index contributed by atoms with van der Waals surface area (Å²) < 4.78 is 5.22.